The average molecular weight is 479 g/mol. The molecule has 31 heavy (non-hydrogen) atoms. The molecule has 188 valence electrons. The van der Waals surface area contributed by atoms with Gasteiger partial charge in [0.1, 0.15) is 0 Å². The molecule has 0 spiro atoms. The molecule has 0 amide bonds. The fourth-order valence-electron chi connectivity index (χ4n) is 4.64. The van der Waals surface area contributed by atoms with Crippen molar-refractivity contribution < 1.29 is 26.0 Å². The topological polar surface area (TPSA) is 35.5 Å². The van der Waals surface area contributed by atoms with E-state index in [2.05, 4.69) is 13.8 Å². The molecule has 0 fully saturated rings. The van der Waals surface area contributed by atoms with E-state index in [0.717, 1.165) is 18.8 Å². The molecule has 0 aromatic rings. The quantitative estimate of drug-likeness (QED) is 0.122. The maximum atomic E-state index is 14.0. The van der Waals surface area contributed by atoms with E-state index < -0.39 is 16.1 Å². The van der Waals surface area contributed by atoms with Crippen molar-refractivity contribution in [3.8, 4) is 0 Å². The number of rotatable bonds is 21. The zero-order valence-corrected chi connectivity index (χ0v) is 24.2. The van der Waals surface area contributed by atoms with E-state index in [-0.39, 0.29) is 14.5 Å². The molecule has 0 saturated carbocycles. The molecule has 0 atom stereocenters. The van der Waals surface area contributed by atoms with Crippen LogP contribution in [0.5, 0.6) is 0 Å². The minimum atomic E-state index is -4.66. The van der Waals surface area contributed by atoms with Crippen LogP contribution in [0.1, 0.15) is 145 Å². The molecule has 0 aliphatic rings. The van der Waals surface area contributed by atoms with Crippen molar-refractivity contribution in [3.63, 3.8) is 0 Å². The van der Waals surface area contributed by atoms with E-state index in [1.165, 1.54) is 77.0 Å². The molecule has 4 heteroatoms. The van der Waals surface area contributed by atoms with Gasteiger partial charge in [0.05, 0.1) is 0 Å². The molecule has 0 aliphatic heterocycles. The summed E-state index contributed by atoms with van der Waals surface area (Å²) >= 11 is -4.66. The first kappa shape index (κ1) is 31.4. The van der Waals surface area contributed by atoms with Crippen LogP contribution in [0.15, 0.2) is 0 Å². The van der Waals surface area contributed by atoms with Gasteiger partial charge in [0.15, 0.2) is 0 Å². The van der Waals surface area contributed by atoms with Crippen molar-refractivity contribution in [2.45, 2.75) is 160 Å². The van der Waals surface area contributed by atoms with Gasteiger partial charge in [-0.25, -0.2) is 0 Å². The Morgan fingerprint density at radius 1 is 0.548 bits per heavy atom. The molecule has 0 rings (SSSR count). The Balaban J connectivity index is 3.77. The first-order chi connectivity index (χ1) is 14.5. The first-order valence-electron chi connectivity index (χ1n) is 13.7. The third-order valence-corrected chi connectivity index (χ3v) is 16.0. The van der Waals surface area contributed by atoms with Crippen molar-refractivity contribution >= 4 is 0 Å². The summed E-state index contributed by atoms with van der Waals surface area (Å²) in [5.41, 5.74) is 0. The Morgan fingerprint density at radius 3 is 1.23 bits per heavy atom. The van der Waals surface area contributed by atoms with Crippen molar-refractivity contribution in [2.24, 2.45) is 5.92 Å². The van der Waals surface area contributed by atoms with Crippen molar-refractivity contribution in [3.05, 3.63) is 0 Å². The number of hydrogen-bond donors (Lipinski definition) is 0. The van der Waals surface area contributed by atoms with Crippen LogP contribution < -0.4 is 0 Å². The second-order valence-electron chi connectivity index (χ2n) is 11.2. The third-order valence-electron chi connectivity index (χ3n) is 6.86. The predicted octanol–water partition coefficient (Wildman–Crippen LogP) is 10.1. The second kappa shape index (κ2) is 17.0. The van der Waals surface area contributed by atoms with E-state index in [0.29, 0.717) is 6.61 Å². The Kier molecular flexibility index (Phi) is 17.2. The van der Waals surface area contributed by atoms with Gasteiger partial charge in [0.2, 0.25) is 0 Å². The first-order valence-corrected chi connectivity index (χ1v) is 17.5. The van der Waals surface area contributed by atoms with E-state index in [4.69, 9.17) is 6.64 Å². The SMILES string of the molecule is CC(C)CCCCCCCCCCCCCCC[O][Ti](=[O])([O]C(C)C)([CH](C)C)[CH](C)C. The fraction of sp³-hybridized carbons (Fsp3) is 1.00. The van der Waals surface area contributed by atoms with E-state index in [1.54, 1.807) is 0 Å². The summed E-state index contributed by atoms with van der Waals surface area (Å²) in [7, 11) is 0. The summed E-state index contributed by atoms with van der Waals surface area (Å²) in [4.78, 5) is 0. The van der Waals surface area contributed by atoms with Crippen LogP contribution in [0.25, 0.3) is 0 Å². The zero-order chi connectivity index (χ0) is 23.8. The number of unbranched alkanes of at least 4 members (excludes halogenated alkanes) is 12. The summed E-state index contributed by atoms with van der Waals surface area (Å²) < 4.78 is 26.2. The third kappa shape index (κ3) is 13.0. The molecule has 0 aliphatic carbocycles. The molecule has 0 N–H and O–H groups in total. The molecular formula is C27H58O3Ti. The van der Waals surface area contributed by atoms with Crippen molar-refractivity contribution in [1.82, 2.24) is 0 Å². The summed E-state index contributed by atoms with van der Waals surface area (Å²) in [5, 5.41) is 0. The van der Waals surface area contributed by atoms with Gasteiger partial charge in [-0.15, -0.1) is 0 Å². The second-order valence-corrected chi connectivity index (χ2v) is 19.2. The van der Waals surface area contributed by atoms with Crippen LogP contribution in [0.2, 0.25) is 8.45 Å². The van der Waals surface area contributed by atoms with Gasteiger partial charge < -0.3 is 0 Å². The van der Waals surface area contributed by atoms with Crippen LogP contribution in [-0.4, -0.2) is 12.7 Å². The van der Waals surface area contributed by atoms with Gasteiger partial charge in [0.25, 0.3) is 0 Å². The molecule has 0 heterocycles. The van der Waals surface area contributed by atoms with Crippen molar-refractivity contribution in [2.75, 3.05) is 6.61 Å². The average Bonchev–Trinajstić information content (AvgIpc) is 2.66. The molecule has 0 bridgehead atoms. The molecule has 3 nitrogen and oxygen atoms in total. The molecular weight excluding hydrogens is 420 g/mol. The molecule has 0 aromatic heterocycles. The maximum absolute atomic E-state index is 14.0. The van der Waals surface area contributed by atoms with Gasteiger partial charge in [-0.3, -0.25) is 0 Å². The van der Waals surface area contributed by atoms with Crippen LogP contribution in [0, 0.1) is 5.92 Å². The normalized spacial score (nSPS) is 13.3. The monoisotopic (exact) mass is 478 g/mol. The standard InChI is InChI=1S/C18H37O.C3H7O.2C3H7.O.Ti/c1-18(2)16-14-12-10-8-6-4-3-5-7-9-11-13-15-17-19;1-3(2)4;2*1-3-2;;/h18H,3-17H2,1-2H3;3H,1-2H3;2*3H,1-2H3;;/q2*-1;;;;+2. The van der Waals surface area contributed by atoms with Gasteiger partial charge in [-0.1, -0.05) is 39.5 Å². The van der Waals surface area contributed by atoms with Gasteiger partial charge in [0, 0.05) is 0 Å². The molecule has 0 radical (unpaired) electrons. The van der Waals surface area contributed by atoms with Gasteiger partial charge >= 0.3 is 153 Å². The van der Waals surface area contributed by atoms with Crippen LogP contribution in [0.3, 0.4) is 0 Å². The van der Waals surface area contributed by atoms with Crippen LogP contribution >= 0.6 is 0 Å². The zero-order valence-electron chi connectivity index (χ0n) is 22.6. The summed E-state index contributed by atoms with van der Waals surface area (Å²) in [6.45, 7) is 17.1. The Morgan fingerprint density at radius 2 is 0.903 bits per heavy atom. The Hall–Kier alpha value is 0.434. The van der Waals surface area contributed by atoms with Gasteiger partial charge in [-0.2, -0.15) is 0 Å². The molecule has 0 saturated heterocycles. The summed E-state index contributed by atoms with van der Waals surface area (Å²) in [6, 6.07) is 0. The van der Waals surface area contributed by atoms with E-state index in [1.807, 2.05) is 41.5 Å². The minimum absolute atomic E-state index is 0.0561. The van der Waals surface area contributed by atoms with E-state index in [9.17, 15) is 3.32 Å². The molecule has 0 unspecified atom stereocenters. The fourth-order valence-corrected chi connectivity index (χ4v) is 11.0. The number of hydrogen-bond acceptors (Lipinski definition) is 3. The van der Waals surface area contributed by atoms with Crippen molar-refractivity contribution in [1.29, 1.82) is 0 Å². The summed E-state index contributed by atoms with van der Waals surface area (Å²) in [5.74, 6) is 0.867. The van der Waals surface area contributed by atoms with Crippen LogP contribution in [0.4, 0.5) is 0 Å². The Labute approximate surface area is 198 Å². The summed E-state index contributed by atoms with van der Waals surface area (Å²) in [6.07, 6.45) is 18.7. The Bertz CT molecular complexity index is 471. The van der Waals surface area contributed by atoms with Crippen LogP contribution in [-0.2, 0) is 26.0 Å². The van der Waals surface area contributed by atoms with Gasteiger partial charge in [-0.05, 0) is 5.92 Å². The predicted molar refractivity (Wildman–Crippen MR) is 133 cm³/mol. The molecule has 0 aromatic carbocycles. The van der Waals surface area contributed by atoms with E-state index >= 15 is 0 Å².